The van der Waals surface area contributed by atoms with Crippen molar-refractivity contribution in [2.75, 3.05) is 24.5 Å². The average Bonchev–Trinajstić information content (AvgIpc) is 2.90. The van der Waals surface area contributed by atoms with Crippen LogP contribution in [0.5, 0.6) is 0 Å². The maximum Gasteiger partial charge on any atom is 0.154 e. The van der Waals surface area contributed by atoms with E-state index in [9.17, 15) is 0 Å². The second kappa shape index (κ2) is 5.62. The molecule has 0 aliphatic carbocycles. The molecular formula is C17H20N6. The maximum absolute atomic E-state index is 4.86. The van der Waals surface area contributed by atoms with Gasteiger partial charge in [-0.3, -0.25) is 4.98 Å². The molecule has 0 spiro atoms. The summed E-state index contributed by atoms with van der Waals surface area (Å²) in [4.78, 5) is 11.1. The third-order valence-electron chi connectivity index (χ3n) is 4.28. The smallest absolute Gasteiger partial charge is 0.154 e. The molecule has 1 atom stereocenters. The van der Waals surface area contributed by atoms with Crippen LogP contribution < -0.4 is 10.2 Å². The summed E-state index contributed by atoms with van der Waals surface area (Å²) in [5.74, 6) is 0.999. The van der Waals surface area contributed by atoms with Crippen LogP contribution in [0.2, 0.25) is 0 Å². The number of fused-ring (bicyclic) bond motifs is 1. The third kappa shape index (κ3) is 2.55. The fourth-order valence-corrected chi connectivity index (χ4v) is 3.18. The first-order chi connectivity index (χ1) is 11.2. The standard InChI is InChI=1S/C17H20N6/c1-12-11-22(10-9-19-12)16-4-3-15-20-13(2)17(23(15)21-16)14-5-7-18-8-6-14/h3-8,12,19H,9-11H2,1-2H3. The summed E-state index contributed by atoms with van der Waals surface area (Å²) in [6, 6.07) is 8.59. The van der Waals surface area contributed by atoms with Crippen LogP contribution in [0, 0.1) is 6.92 Å². The van der Waals surface area contributed by atoms with Crippen LogP contribution in [0.1, 0.15) is 12.6 Å². The molecule has 1 aliphatic heterocycles. The van der Waals surface area contributed by atoms with E-state index in [1.54, 1.807) is 12.4 Å². The van der Waals surface area contributed by atoms with Gasteiger partial charge in [-0.2, -0.15) is 0 Å². The molecule has 4 rings (SSSR count). The number of imidazole rings is 1. The van der Waals surface area contributed by atoms with Crippen molar-refractivity contribution in [3.63, 3.8) is 0 Å². The van der Waals surface area contributed by atoms with E-state index in [0.29, 0.717) is 6.04 Å². The molecule has 1 fully saturated rings. The Morgan fingerprint density at radius 3 is 2.78 bits per heavy atom. The molecular weight excluding hydrogens is 288 g/mol. The van der Waals surface area contributed by atoms with E-state index in [-0.39, 0.29) is 0 Å². The summed E-state index contributed by atoms with van der Waals surface area (Å²) < 4.78 is 1.95. The van der Waals surface area contributed by atoms with Crippen LogP contribution in [0.25, 0.3) is 16.9 Å². The predicted octanol–water partition coefficient (Wildman–Crippen LogP) is 1.90. The van der Waals surface area contributed by atoms with Gasteiger partial charge >= 0.3 is 0 Å². The summed E-state index contributed by atoms with van der Waals surface area (Å²) in [6.45, 7) is 7.16. The van der Waals surface area contributed by atoms with E-state index in [1.165, 1.54) is 0 Å². The number of hydrogen-bond acceptors (Lipinski definition) is 5. The van der Waals surface area contributed by atoms with Crippen LogP contribution in [0.15, 0.2) is 36.7 Å². The van der Waals surface area contributed by atoms with Gasteiger partial charge < -0.3 is 10.2 Å². The Bertz CT molecular complexity index is 826. The van der Waals surface area contributed by atoms with Crippen molar-refractivity contribution < 1.29 is 0 Å². The minimum Gasteiger partial charge on any atom is -0.352 e. The van der Waals surface area contributed by atoms with Gasteiger partial charge in [0, 0.05) is 43.6 Å². The fraction of sp³-hybridized carbons (Fsp3) is 0.353. The second-order valence-electron chi connectivity index (χ2n) is 6.04. The molecule has 0 amide bonds. The predicted molar refractivity (Wildman–Crippen MR) is 90.6 cm³/mol. The summed E-state index contributed by atoms with van der Waals surface area (Å²) in [5, 5.41) is 8.33. The number of aryl methyl sites for hydroxylation is 1. The number of nitrogens with zero attached hydrogens (tertiary/aromatic N) is 5. The molecule has 1 saturated heterocycles. The van der Waals surface area contributed by atoms with Gasteiger partial charge in [-0.25, -0.2) is 9.50 Å². The summed E-state index contributed by atoms with van der Waals surface area (Å²) in [6.07, 6.45) is 3.60. The molecule has 0 aromatic carbocycles. The summed E-state index contributed by atoms with van der Waals surface area (Å²) >= 11 is 0. The molecule has 1 aliphatic rings. The van der Waals surface area contributed by atoms with Crippen molar-refractivity contribution in [1.82, 2.24) is 24.9 Å². The zero-order valence-corrected chi connectivity index (χ0v) is 13.4. The van der Waals surface area contributed by atoms with E-state index >= 15 is 0 Å². The zero-order chi connectivity index (χ0) is 15.8. The molecule has 6 heteroatoms. The maximum atomic E-state index is 4.86. The van der Waals surface area contributed by atoms with Crippen LogP contribution in [-0.2, 0) is 0 Å². The van der Waals surface area contributed by atoms with Crippen molar-refractivity contribution in [2.45, 2.75) is 19.9 Å². The summed E-state index contributed by atoms with van der Waals surface area (Å²) in [7, 11) is 0. The SMILES string of the molecule is Cc1nc2ccc(N3CCNC(C)C3)nn2c1-c1ccncc1. The van der Waals surface area contributed by atoms with Gasteiger partial charge in [-0.05, 0) is 38.1 Å². The third-order valence-corrected chi connectivity index (χ3v) is 4.28. The molecule has 0 radical (unpaired) electrons. The normalized spacial score (nSPS) is 18.5. The first-order valence-corrected chi connectivity index (χ1v) is 7.97. The van der Waals surface area contributed by atoms with Crippen molar-refractivity contribution >= 4 is 11.5 Å². The van der Waals surface area contributed by atoms with E-state index < -0.39 is 0 Å². The van der Waals surface area contributed by atoms with E-state index in [0.717, 1.165) is 48.1 Å². The lowest BCUT2D eigenvalue weighted by Gasteiger charge is -2.32. The minimum atomic E-state index is 0.477. The minimum absolute atomic E-state index is 0.477. The van der Waals surface area contributed by atoms with Crippen molar-refractivity contribution in [3.05, 3.63) is 42.4 Å². The fourth-order valence-electron chi connectivity index (χ4n) is 3.18. The topological polar surface area (TPSA) is 58.4 Å². The van der Waals surface area contributed by atoms with E-state index in [4.69, 9.17) is 5.10 Å². The molecule has 6 nitrogen and oxygen atoms in total. The van der Waals surface area contributed by atoms with Crippen LogP contribution in [-0.4, -0.2) is 45.3 Å². The number of anilines is 1. The number of aromatic nitrogens is 4. The average molecular weight is 308 g/mol. The van der Waals surface area contributed by atoms with E-state index in [1.807, 2.05) is 29.6 Å². The molecule has 0 saturated carbocycles. The Hall–Kier alpha value is -2.47. The second-order valence-corrected chi connectivity index (χ2v) is 6.04. The number of rotatable bonds is 2. The first kappa shape index (κ1) is 14.1. The quantitative estimate of drug-likeness (QED) is 0.783. The van der Waals surface area contributed by atoms with Gasteiger partial charge in [-0.15, -0.1) is 5.10 Å². The van der Waals surface area contributed by atoms with Crippen molar-refractivity contribution in [3.8, 4) is 11.3 Å². The van der Waals surface area contributed by atoms with Gasteiger partial charge in [0.2, 0.25) is 0 Å². The Balaban J connectivity index is 1.81. The molecule has 23 heavy (non-hydrogen) atoms. The van der Waals surface area contributed by atoms with Gasteiger partial charge in [-0.1, -0.05) is 0 Å². The first-order valence-electron chi connectivity index (χ1n) is 7.97. The van der Waals surface area contributed by atoms with Crippen LogP contribution in [0.3, 0.4) is 0 Å². The lowest BCUT2D eigenvalue weighted by molar-refractivity contribution is 0.481. The number of piperazine rings is 1. The Kier molecular flexibility index (Phi) is 3.46. The van der Waals surface area contributed by atoms with Gasteiger partial charge in [0.05, 0.1) is 11.4 Å². The summed E-state index contributed by atoms with van der Waals surface area (Å²) in [5.41, 5.74) is 3.98. The van der Waals surface area contributed by atoms with Crippen molar-refractivity contribution in [2.24, 2.45) is 0 Å². The monoisotopic (exact) mass is 308 g/mol. The molecule has 1 unspecified atom stereocenters. The number of hydrogen-bond donors (Lipinski definition) is 1. The highest BCUT2D eigenvalue weighted by atomic mass is 15.3. The van der Waals surface area contributed by atoms with Gasteiger partial charge in [0.25, 0.3) is 0 Å². The Labute approximate surface area is 135 Å². The highest BCUT2D eigenvalue weighted by Gasteiger charge is 2.19. The van der Waals surface area contributed by atoms with Gasteiger partial charge in [0.1, 0.15) is 5.82 Å². The highest BCUT2D eigenvalue weighted by molar-refractivity contribution is 5.66. The highest BCUT2D eigenvalue weighted by Crippen LogP contribution is 2.25. The number of nitrogens with one attached hydrogen (secondary N) is 1. The molecule has 3 aromatic heterocycles. The molecule has 118 valence electrons. The van der Waals surface area contributed by atoms with E-state index in [2.05, 4.69) is 33.2 Å². The molecule has 1 N–H and O–H groups in total. The molecule has 3 aromatic rings. The zero-order valence-electron chi connectivity index (χ0n) is 13.4. The largest absolute Gasteiger partial charge is 0.352 e. The lowest BCUT2D eigenvalue weighted by atomic mass is 10.2. The molecule has 4 heterocycles. The number of pyridine rings is 1. The van der Waals surface area contributed by atoms with Gasteiger partial charge in [0.15, 0.2) is 5.65 Å². The molecule has 0 bridgehead atoms. The lowest BCUT2D eigenvalue weighted by Crippen LogP contribution is -2.49. The van der Waals surface area contributed by atoms with Crippen LogP contribution in [0.4, 0.5) is 5.82 Å². The van der Waals surface area contributed by atoms with Crippen molar-refractivity contribution in [1.29, 1.82) is 0 Å². The Morgan fingerprint density at radius 1 is 1.17 bits per heavy atom. The van der Waals surface area contributed by atoms with Crippen LogP contribution >= 0.6 is 0 Å². The Morgan fingerprint density at radius 2 is 2.00 bits per heavy atom.